The minimum Gasteiger partial charge on any atom is -0.369 e. The quantitative estimate of drug-likeness (QED) is 0.827. The lowest BCUT2D eigenvalue weighted by atomic mass is 9.91. The second-order valence-electron chi connectivity index (χ2n) is 7.83. The summed E-state index contributed by atoms with van der Waals surface area (Å²) in [5.41, 5.74) is 5.48. The van der Waals surface area contributed by atoms with E-state index >= 15 is 0 Å². The second kappa shape index (κ2) is 7.59. The molecule has 1 saturated heterocycles. The number of primary amides is 1. The molecule has 0 spiro atoms. The summed E-state index contributed by atoms with van der Waals surface area (Å²) in [7, 11) is 0. The summed E-state index contributed by atoms with van der Waals surface area (Å²) >= 11 is 0. The number of nitrogens with two attached hydrogens (primary N) is 1. The zero-order valence-corrected chi connectivity index (χ0v) is 14.9. The van der Waals surface area contributed by atoms with Gasteiger partial charge in [0, 0.05) is 24.7 Å². The maximum Gasteiger partial charge on any atom is 0.220 e. The number of carbonyl (C=O) groups excluding carboxylic acids is 1. The first kappa shape index (κ1) is 17.3. The summed E-state index contributed by atoms with van der Waals surface area (Å²) in [6.45, 7) is 6.43. The number of piperidine rings is 1. The van der Waals surface area contributed by atoms with Crippen molar-refractivity contribution < 1.29 is 9.69 Å². The molecule has 7 nitrogen and oxygen atoms in total. The van der Waals surface area contributed by atoms with Gasteiger partial charge in [0.2, 0.25) is 11.7 Å². The SMILES string of the molecule is CC(C)[C@H](c1nnnn1C1CCCCC1)[NH+]1CCC(C(N)=O)CC1. The number of nitrogens with one attached hydrogen (secondary N) is 1. The van der Waals surface area contributed by atoms with E-state index in [-0.39, 0.29) is 17.9 Å². The first-order chi connectivity index (χ1) is 11.6. The number of nitrogens with zero attached hydrogens (tertiary/aromatic N) is 4. The molecule has 7 heteroatoms. The predicted octanol–water partition coefficient (Wildman–Crippen LogP) is 0.656. The van der Waals surface area contributed by atoms with Crippen LogP contribution >= 0.6 is 0 Å². The Morgan fingerprint density at radius 2 is 1.83 bits per heavy atom. The number of rotatable bonds is 5. The van der Waals surface area contributed by atoms with E-state index in [1.165, 1.54) is 37.0 Å². The van der Waals surface area contributed by atoms with Crippen molar-refractivity contribution in [1.82, 2.24) is 20.2 Å². The van der Waals surface area contributed by atoms with Crippen LogP contribution in [0.15, 0.2) is 0 Å². The Kier molecular flexibility index (Phi) is 5.48. The van der Waals surface area contributed by atoms with Gasteiger partial charge in [-0.05, 0) is 23.3 Å². The van der Waals surface area contributed by atoms with Gasteiger partial charge in [-0.1, -0.05) is 33.1 Å². The van der Waals surface area contributed by atoms with Gasteiger partial charge in [0.25, 0.3) is 0 Å². The minimum absolute atomic E-state index is 0.0379. The monoisotopic (exact) mass is 335 g/mol. The highest BCUT2D eigenvalue weighted by Gasteiger charge is 2.37. The Morgan fingerprint density at radius 3 is 2.42 bits per heavy atom. The third-order valence-corrected chi connectivity index (χ3v) is 5.85. The number of carbonyl (C=O) groups is 1. The van der Waals surface area contributed by atoms with E-state index in [0.717, 1.165) is 31.8 Å². The molecule has 2 fully saturated rings. The van der Waals surface area contributed by atoms with E-state index in [2.05, 4.69) is 34.1 Å². The van der Waals surface area contributed by atoms with Crippen LogP contribution in [0.4, 0.5) is 0 Å². The standard InChI is InChI=1S/C17H30N6O/c1-12(2)15(22-10-8-13(9-11-22)16(18)24)17-19-20-21-23(17)14-6-4-3-5-7-14/h12-15H,3-11H2,1-2H3,(H2,18,24)/p+1/t15-/m1/s1. The first-order valence-corrected chi connectivity index (χ1v) is 9.49. The van der Waals surface area contributed by atoms with Gasteiger partial charge < -0.3 is 10.6 Å². The molecule has 1 amide bonds. The van der Waals surface area contributed by atoms with Crippen molar-refractivity contribution in [2.24, 2.45) is 17.6 Å². The van der Waals surface area contributed by atoms with E-state index < -0.39 is 0 Å². The van der Waals surface area contributed by atoms with Crippen LogP contribution in [-0.2, 0) is 4.79 Å². The van der Waals surface area contributed by atoms with Crippen LogP contribution in [0.1, 0.15) is 76.7 Å². The van der Waals surface area contributed by atoms with E-state index in [1.54, 1.807) is 0 Å². The summed E-state index contributed by atoms with van der Waals surface area (Å²) in [5, 5.41) is 12.8. The van der Waals surface area contributed by atoms with Gasteiger partial charge in [0.05, 0.1) is 19.1 Å². The van der Waals surface area contributed by atoms with Gasteiger partial charge in [0.15, 0.2) is 6.04 Å². The van der Waals surface area contributed by atoms with Crippen LogP contribution in [-0.4, -0.2) is 39.2 Å². The fourth-order valence-corrected chi connectivity index (χ4v) is 4.53. The molecule has 24 heavy (non-hydrogen) atoms. The minimum atomic E-state index is -0.151. The molecule has 3 rings (SSSR count). The third-order valence-electron chi connectivity index (χ3n) is 5.85. The number of hydrogen-bond donors (Lipinski definition) is 2. The Bertz CT molecular complexity index is 543. The van der Waals surface area contributed by atoms with Crippen LogP contribution in [0.3, 0.4) is 0 Å². The average molecular weight is 335 g/mol. The van der Waals surface area contributed by atoms with Gasteiger partial charge in [-0.25, -0.2) is 4.68 Å². The smallest absolute Gasteiger partial charge is 0.220 e. The zero-order chi connectivity index (χ0) is 17.1. The zero-order valence-electron chi connectivity index (χ0n) is 14.9. The second-order valence-corrected chi connectivity index (χ2v) is 7.83. The van der Waals surface area contributed by atoms with Crippen molar-refractivity contribution >= 4 is 5.91 Å². The highest BCUT2D eigenvalue weighted by molar-refractivity contribution is 5.76. The predicted molar refractivity (Wildman–Crippen MR) is 90.1 cm³/mol. The number of aromatic nitrogens is 4. The molecule has 0 unspecified atom stereocenters. The molecular formula is C17H31N6O+. The fraction of sp³-hybridized carbons (Fsp3) is 0.882. The van der Waals surface area contributed by atoms with E-state index in [9.17, 15) is 4.79 Å². The molecule has 2 heterocycles. The summed E-state index contributed by atoms with van der Waals surface area (Å²) in [6, 6.07) is 0.739. The molecule has 1 atom stereocenters. The van der Waals surface area contributed by atoms with Gasteiger partial charge >= 0.3 is 0 Å². The van der Waals surface area contributed by atoms with Crippen molar-refractivity contribution in [3.05, 3.63) is 5.82 Å². The molecule has 2 aliphatic rings. The number of hydrogen-bond acceptors (Lipinski definition) is 4. The maximum atomic E-state index is 11.4. The van der Waals surface area contributed by atoms with Gasteiger partial charge in [-0.2, -0.15) is 0 Å². The van der Waals surface area contributed by atoms with Crippen LogP contribution in [0, 0.1) is 11.8 Å². The highest BCUT2D eigenvalue weighted by atomic mass is 16.1. The van der Waals surface area contributed by atoms with Crippen molar-refractivity contribution in [3.63, 3.8) is 0 Å². The van der Waals surface area contributed by atoms with E-state index in [1.807, 2.05) is 0 Å². The van der Waals surface area contributed by atoms with Gasteiger partial charge in [-0.15, -0.1) is 5.10 Å². The Balaban J connectivity index is 1.77. The van der Waals surface area contributed by atoms with Gasteiger partial charge in [-0.3, -0.25) is 4.79 Å². The molecule has 1 saturated carbocycles. The summed E-state index contributed by atoms with van der Waals surface area (Å²) in [4.78, 5) is 12.9. The Hall–Kier alpha value is -1.50. The van der Waals surface area contributed by atoms with Crippen molar-refractivity contribution in [1.29, 1.82) is 0 Å². The third kappa shape index (κ3) is 3.61. The number of quaternary nitrogens is 1. The molecule has 3 N–H and O–H groups in total. The molecule has 1 aromatic heterocycles. The summed E-state index contributed by atoms with van der Waals surface area (Å²) in [6.07, 6.45) is 7.98. The van der Waals surface area contributed by atoms with Crippen LogP contribution in [0.5, 0.6) is 0 Å². The van der Waals surface area contributed by atoms with Crippen molar-refractivity contribution in [2.45, 2.75) is 70.9 Å². The molecule has 134 valence electrons. The maximum absolute atomic E-state index is 11.4. The Morgan fingerprint density at radius 1 is 1.17 bits per heavy atom. The van der Waals surface area contributed by atoms with Gasteiger partial charge in [0.1, 0.15) is 0 Å². The fourth-order valence-electron chi connectivity index (χ4n) is 4.53. The lowest BCUT2D eigenvalue weighted by molar-refractivity contribution is -0.941. The molecule has 1 aliphatic heterocycles. The molecule has 1 aliphatic carbocycles. The largest absolute Gasteiger partial charge is 0.369 e. The lowest BCUT2D eigenvalue weighted by Gasteiger charge is -2.35. The summed E-state index contributed by atoms with van der Waals surface area (Å²) < 4.78 is 2.11. The topological polar surface area (TPSA) is 91.1 Å². The van der Waals surface area contributed by atoms with Crippen molar-refractivity contribution in [2.75, 3.05) is 13.1 Å². The van der Waals surface area contributed by atoms with Crippen LogP contribution in [0.25, 0.3) is 0 Å². The highest BCUT2D eigenvalue weighted by Crippen LogP contribution is 2.30. The molecular weight excluding hydrogens is 304 g/mol. The van der Waals surface area contributed by atoms with Crippen LogP contribution in [0.2, 0.25) is 0 Å². The first-order valence-electron chi connectivity index (χ1n) is 9.49. The lowest BCUT2D eigenvalue weighted by Crippen LogP contribution is -3.14. The number of tetrazole rings is 1. The van der Waals surface area contributed by atoms with Crippen LogP contribution < -0.4 is 10.6 Å². The molecule has 1 aromatic rings. The Labute approximate surface area is 144 Å². The van der Waals surface area contributed by atoms with E-state index in [4.69, 9.17) is 5.73 Å². The molecule has 0 aromatic carbocycles. The molecule has 0 bridgehead atoms. The number of likely N-dealkylation sites (tertiary alicyclic amines) is 1. The molecule has 0 radical (unpaired) electrons. The normalized spacial score (nSPS) is 27.3. The number of amides is 1. The van der Waals surface area contributed by atoms with E-state index in [0.29, 0.717) is 12.0 Å². The van der Waals surface area contributed by atoms with Crippen molar-refractivity contribution in [3.8, 4) is 0 Å². The summed E-state index contributed by atoms with van der Waals surface area (Å²) in [5.74, 6) is 1.38. The average Bonchev–Trinajstić information content (AvgIpc) is 3.05.